The largest absolute Gasteiger partial charge is 0.396 e. The highest BCUT2D eigenvalue weighted by Gasteiger charge is 2.03. The zero-order valence-electron chi connectivity index (χ0n) is 7.77. The van der Waals surface area contributed by atoms with Gasteiger partial charge in [0.25, 0.3) is 0 Å². The zero-order valence-corrected chi connectivity index (χ0v) is 8.53. The molecule has 6 heteroatoms. The number of aromatic nitrogens is 2. The zero-order chi connectivity index (χ0) is 10.7. The molecule has 0 amide bonds. The summed E-state index contributed by atoms with van der Waals surface area (Å²) in [4.78, 5) is 4.04. The van der Waals surface area contributed by atoms with Crippen molar-refractivity contribution in [1.29, 1.82) is 0 Å². The number of rotatable bonds is 3. The van der Waals surface area contributed by atoms with Crippen LogP contribution < -0.4 is 11.1 Å². The SMILES string of the molecule is Nc1ccc(Cl)nc1NCc1ccno1. The van der Waals surface area contributed by atoms with Crippen molar-refractivity contribution in [2.24, 2.45) is 0 Å². The smallest absolute Gasteiger partial charge is 0.155 e. The molecule has 0 atom stereocenters. The van der Waals surface area contributed by atoms with E-state index in [4.69, 9.17) is 21.9 Å². The third-order valence-corrected chi connectivity index (χ3v) is 2.02. The molecule has 0 fully saturated rings. The standard InChI is InChI=1S/C9H9ClN4O/c10-8-2-1-7(11)9(14-8)12-5-6-3-4-13-15-6/h1-4H,5,11H2,(H,12,14). The molecule has 5 nitrogen and oxygen atoms in total. The van der Waals surface area contributed by atoms with Crippen LogP contribution in [-0.2, 0) is 6.54 Å². The van der Waals surface area contributed by atoms with Crippen LogP contribution in [0.2, 0.25) is 5.15 Å². The average Bonchev–Trinajstić information content (AvgIpc) is 2.72. The van der Waals surface area contributed by atoms with E-state index >= 15 is 0 Å². The molecule has 0 unspecified atom stereocenters. The summed E-state index contributed by atoms with van der Waals surface area (Å²) in [5.41, 5.74) is 6.24. The Hall–Kier alpha value is -1.75. The highest BCUT2D eigenvalue weighted by Crippen LogP contribution is 2.18. The number of nitrogens with one attached hydrogen (secondary N) is 1. The van der Waals surface area contributed by atoms with E-state index in [0.29, 0.717) is 29.0 Å². The summed E-state index contributed by atoms with van der Waals surface area (Å²) in [5.74, 6) is 1.25. The molecule has 0 saturated heterocycles. The first kappa shape index (κ1) is 9.79. The van der Waals surface area contributed by atoms with Crippen LogP contribution in [0.25, 0.3) is 0 Å². The molecule has 3 N–H and O–H groups in total. The summed E-state index contributed by atoms with van der Waals surface area (Å²) in [6, 6.07) is 5.09. The molecule has 2 heterocycles. The quantitative estimate of drug-likeness (QED) is 0.779. The number of hydrogen-bond donors (Lipinski definition) is 2. The van der Waals surface area contributed by atoms with E-state index in [1.807, 2.05) is 0 Å². The Bertz CT molecular complexity index is 443. The summed E-state index contributed by atoms with van der Waals surface area (Å²) in [7, 11) is 0. The fourth-order valence-corrected chi connectivity index (χ4v) is 1.24. The van der Waals surface area contributed by atoms with E-state index in [-0.39, 0.29) is 0 Å². The molecule has 0 saturated carbocycles. The van der Waals surface area contributed by atoms with Crippen molar-refractivity contribution in [3.8, 4) is 0 Å². The summed E-state index contributed by atoms with van der Waals surface area (Å²) in [5, 5.41) is 6.98. The number of pyridine rings is 1. The normalized spacial score (nSPS) is 10.2. The van der Waals surface area contributed by atoms with Gasteiger partial charge in [0.15, 0.2) is 11.6 Å². The molecule has 0 spiro atoms. The first-order chi connectivity index (χ1) is 7.25. The maximum absolute atomic E-state index is 5.74. The molecule has 78 valence electrons. The predicted octanol–water partition coefficient (Wildman–Crippen LogP) is 1.92. The van der Waals surface area contributed by atoms with Gasteiger partial charge in [-0.1, -0.05) is 16.8 Å². The van der Waals surface area contributed by atoms with Crippen LogP contribution in [0.5, 0.6) is 0 Å². The number of nitrogens with two attached hydrogens (primary N) is 1. The van der Waals surface area contributed by atoms with E-state index in [0.717, 1.165) is 0 Å². The number of halogens is 1. The second kappa shape index (κ2) is 4.18. The van der Waals surface area contributed by atoms with Gasteiger partial charge in [0, 0.05) is 6.07 Å². The van der Waals surface area contributed by atoms with Crippen LogP contribution in [0.4, 0.5) is 11.5 Å². The topological polar surface area (TPSA) is 77.0 Å². The summed E-state index contributed by atoms with van der Waals surface area (Å²) >= 11 is 5.74. The minimum atomic E-state index is 0.393. The van der Waals surface area contributed by atoms with E-state index < -0.39 is 0 Å². The minimum absolute atomic E-state index is 0.393. The third-order valence-electron chi connectivity index (χ3n) is 1.81. The molecule has 0 aliphatic heterocycles. The Labute approximate surface area is 91.2 Å². The van der Waals surface area contributed by atoms with E-state index in [2.05, 4.69) is 15.5 Å². The fourth-order valence-electron chi connectivity index (χ4n) is 1.09. The van der Waals surface area contributed by atoms with Crippen molar-refractivity contribution in [1.82, 2.24) is 10.1 Å². The molecule has 0 radical (unpaired) electrons. The Kier molecular flexibility index (Phi) is 2.73. The van der Waals surface area contributed by atoms with Crippen LogP contribution in [0.3, 0.4) is 0 Å². The van der Waals surface area contributed by atoms with Gasteiger partial charge in [-0.25, -0.2) is 4.98 Å². The van der Waals surface area contributed by atoms with Crippen LogP contribution in [0.15, 0.2) is 28.9 Å². The van der Waals surface area contributed by atoms with Crippen molar-refractivity contribution >= 4 is 23.1 Å². The first-order valence-electron chi connectivity index (χ1n) is 4.31. The number of anilines is 2. The number of nitrogen functional groups attached to an aromatic ring is 1. The van der Waals surface area contributed by atoms with Gasteiger partial charge in [-0.2, -0.15) is 0 Å². The Morgan fingerprint density at radius 3 is 3.00 bits per heavy atom. The van der Waals surface area contributed by atoms with Crippen LogP contribution in [0.1, 0.15) is 5.76 Å². The monoisotopic (exact) mass is 224 g/mol. The summed E-state index contributed by atoms with van der Waals surface area (Å²) < 4.78 is 4.91. The van der Waals surface area contributed by atoms with Gasteiger partial charge >= 0.3 is 0 Å². The lowest BCUT2D eigenvalue weighted by Crippen LogP contribution is -2.03. The van der Waals surface area contributed by atoms with Gasteiger partial charge in [-0.3, -0.25) is 0 Å². The molecular formula is C9H9ClN4O. The second-order valence-corrected chi connectivity index (χ2v) is 3.29. The highest BCUT2D eigenvalue weighted by molar-refractivity contribution is 6.29. The Morgan fingerprint density at radius 2 is 2.27 bits per heavy atom. The maximum Gasteiger partial charge on any atom is 0.155 e. The van der Waals surface area contributed by atoms with Crippen LogP contribution >= 0.6 is 11.6 Å². The lowest BCUT2D eigenvalue weighted by atomic mass is 10.4. The van der Waals surface area contributed by atoms with E-state index in [1.54, 1.807) is 24.4 Å². The van der Waals surface area contributed by atoms with Crippen LogP contribution in [-0.4, -0.2) is 10.1 Å². The second-order valence-electron chi connectivity index (χ2n) is 2.90. The molecule has 0 aromatic carbocycles. The predicted molar refractivity (Wildman–Crippen MR) is 57.5 cm³/mol. The summed E-state index contributed by atoms with van der Waals surface area (Å²) in [6.07, 6.45) is 1.58. The molecular weight excluding hydrogens is 216 g/mol. The van der Waals surface area contributed by atoms with Crippen molar-refractivity contribution in [2.45, 2.75) is 6.54 Å². The van der Waals surface area contributed by atoms with E-state index in [1.165, 1.54) is 0 Å². The molecule has 15 heavy (non-hydrogen) atoms. The van der Waals surface area contributed by atoms with Crippen molar-refractivity contribution in [3.05, 3.63) is 35.3 Å². The van der Waals surface area contributed by atoms with Gasteiger partial charge in [-0.15, -0.1) is 0 Å². The lowest BCUT2D eigenvalue weighted by Gasteiger charge is -2.06. The molecule has 0 aliphatic carbocycles. The van der Waals surface area contributed by atoms with E-state index in [9.17, 15) is 0 Å². The van der Waals surface area contributed by atoms with Gasteiger partial charge in [0.1, 0.15) is 5.15 Å². The number of nitrogens with zero attached hydrogens (tertiary/aromatic N) is 2. The van der Waals surface area contributed by atoms with Gasteiger partial charge in [0.2, 0.25) is 0 Å². The third kappa shape index (κ3) is 2.38. The van der Waals surface area contributed by atoms with Crippen LogP contribution in [0, 0.1) is 0 Å². The van der Waals surface area contributed by atoms with Gasteiger partial charge < -0.3 is 15.6 Å². The molecule has 2 aromatic rings. The average molecular weight is 225 g/mol. The van der Waals surface area contributed by atoms with Crippen molar-refractivity contribution in [2.75, 3.05) is 11.1 Å². The molecule has 2 rings (SSSR count). The molecule has 0 aliphatic rings. The summed E-state index contributed by atoms with van der Waals surface area (Å²) in [6.45, 7) is 0.470. The maximum atomic E-state index is 5.74. The van der Waals surface area contributed by atoms with Gasteiger partial charge in [-0.05, 0) is 12.1 Å². The fraction of sp³-hybridized carbons (Fsp3) is 0.111. The highest BCUT2D eigenvalue weighted by atomic mass is 35.5. The first-order valence-corrected chi connectivity index (χ1v) is 4.69. The molecule has 0 bridgehead atoms. The number of hydrogen-bond acceptors (Lipinski definition) is 5. The van der Waals surface area contributed by atoms with Gasteiger partial charge in [0.05, 0.1) is 18.4 Å². The minimum Gasteiger partial charge on any atom is -0.396 e. The molecule has 2 aromatic heterocycles. The Morgan fingerprint density at radius 1 is 1.40 bits per heavy atom. The van der Waals surface area contributed by atoms with Crippen molar-refractivity contribution < 1.29 is 4.52 Å². The Balaban J connectivity index is 2.07. The van der Waals surface area contributed by atoms with Crippen molar-refractivity contribution in [3.63, 3.8) is 0 Å². The lowest BCUT2D eigenvalue weighted by molar-refractivity contribution is 0.388.